The first-order valence-corrected chi connectivity index (χ1v) is 5.95. The van der Waals surface area contributed by atoms with Gasteiger partial charge in [-0.05, 0) is 19.9 Å². The van der Waals surface area contributed by atoms with Crippen molar-refractivity contribution in [2.75, 3.05) is 12.4 Å². The summed E-state index contributed by atoms with van der Waals surface area (Å²) in [6.07, 6.45) is 1.59. The second kappa shape index (κ2) is 4.64. The fourth-order valence-corrected chi connectivity index (χ4v) is 2.10. The first-order chi connectivity index (χ1) is 8.65. The Labute approximate surface area is 104 Å². The minimum absolute atomic E-state index is 0.292. The van der Waals surface area contributed by atoms with Gasteiger partial charge in [0, 0.05) is 26.3 Å². The van der Waals surface area contributed by atoms with Gasteiger partial charge in [-0.2, -0.15) is 0 Å². The van der Waals surface area contributed by atoms with Crippen molar-refractivity contribution >= 4 is 16.7 Å². The lowest BCUT2D eigenvalue weighted by Crippen LogP contribution is -2.40. The predicted octanol–water partition coefficient (Wildman–Crippen LogP) is 0.640. The van der Waals surface area contributed by atoms with Gasteiger partial charge in [0.2, 0.25) is 0 Å². The molecule has 96 valence electrons. The topological polar surface area (TPSA) is 68.9 Å². The number of aromatic nitrogens is 3. The Bertz CT molecular complexity index is 700. The lowest BCUT2D eigenvalue weighted by molar-refractivity contribution is 0.605. The molecule has 2 heterocycles. The Morgan fingerprint density at radius 2 is 1.89 bits per heavy atom. The average Bonchev–Trinajstić information content (AvgIpc) is 2.39. The van der Waals surface area contributed by atoms with Crippen LogP contribution in [-0.2, 0) is 13.1 Å². The molecule has 0 aliphatic rings. The van der Waals surface area contributed by atoms with Gasteiger partial charge in [0.1, 0.15) is 5.39 Å². The molecule has 0 saturated heterocycles. The molecule has 2 aromatic rings. The predicted molar refractivity (Wildman–Crippen MR) is 71.2 cm³/mol. The lowest BCUT2D eigenvalue weighted by Gasteiger charge is -2.12. The van der Waals surface area contributed by atoms with E-state index in [0.717, 1.165) is 0 Å². The third-order valence-corrected chi connectivity index (χ3v) is 3.01. The van der Waals surface area contributed by atoms with Crippen molar-refractivity contribution in [3.63, 3.8) is 0 Å². The van der Waals surface area contributed by atoms with Crippen molar-refractivity contribution in [2.45, 2.75) is 26.9 Å². The molecular formula is C12H16N4O2. The Kier molecular flexibility index (Phi) is 3.18. The molecular weight excluding hydrogens is 232 g/mol. The molecule has 0 aliphatic heterocycles. The first-order valence-electron chi connectivity index (χ1n) is 5.95. The second-order valence-corrected chi connectivity index (χ2v) is 3.88. The molecule has 0 spiro atoms. The lowest BCUT2D eigenvalue weighted by atomic mass is 10.2. The standard InChI is InChI=1S/C12H16N4O2/c1-4-15-10-9(8(13-3)6-7-14-10)11(17)16(5-2)12(15)18/h6-7H,4-5H2,1-3H3,(H,13,14). The van der Waals surface area contributed by atoms with Crippen molar-refractivity contribution < 1.29 is 0 Å². The fraction of sp³-hybridized carbons (Fsp3) is 0.417. The van der Waals surface area contributed by atoms with Crippen molar-refractivity contribution in [3.8, 4) is 0 Å². The van der Waals surface area contributed by atoms with E-state index in [-0.39, 0.29) is 11.2 Å². The highest BCUT2D eigenvalue weighted by Crippen LogP contribution is 2.15. The van der Waals surface area contributed by atoms with Crippen LogP contribution in [0.2, 0.25) is 0 Å². The van der Waals surface area contributed by atoms with Gasteiger partial charge in [0.05, 0.1) is 5.69 Å². The molecule has 2 rings (SSSR count). The number of anilines is 1. The largest absolute Gasteiger partial charge is 0.387 e. The van der Waals surface area contributed by atoms with Gasteiger partial charge in [-0.25, -0.2) is 9.78 Å². The van der Waals surface area contributed by atoms with Gasteiger partial charge < -0.3 is 5.32 Å². The zero-order chi connectivity index (χ0) is 13.3. The van der Waals surface area contributed by atoms with Crippen molar-refractivity contribution in [2.24, 2.45) is 0 Å². The molecule has 0 radical (unpaired) electrons. The summed E-state index contributed by atoms with van der Waals surface area (Å²) in [5.41, 5.74) is 0.524. The summed E-state index contributed by atoms with van der Waals surface area (Å²) in [5, 5.41) is 3.43. The second-order valence-electron chi connectivity index (χ2n) is 3.88. The first kappa shape index (κ1) is 12.3. The summed E-state index contributed by atoms with van der Waals surface area (Å²) in [6.45, 7) is 4.48. The summed E-state index contributed by atoms with van der Waals surface area (Å²) < 4.78 is 2.75. The van der Waals surface area contributed by atoms with Crippen LogP contribution >= 0.6 is 0 Å². The van der Waals surface area contributed by atoms with Crippen molar-refractivity contribution in [3.05, 3.63) is 33.1 Å². The Morgan fingerprint density at radius 1 is 1.22 bits per heavy atom. The zero-order valence-electron chi connectivity index (χ0n) is 10.7. The number of hydrogen-bond acceptors (Lipinski definition) is 4. The smallest absolute Gasteiger partial charge is 0.332 e. The Hall–Kier alpha value is -2.11. The van der Waals surface area contributed by atoms with E-state index in [4.69, 9.17) is 0 Å². The van der Waals surface area contributed by atoms with Gasteiger partial charge in [-0.1, -0.05) is 0 Å². The Balaban J connectivity index is 3.09. The van der Waals surface area contributed by atoms with Crippen molar-refractivity contribution in [1.82, 2.24) is 14.1 Å². The van der Waals surface area contributed by atoms with Crippen LogP contribution in [-0.4, -0.2) is 21.2 Å². The van der Waals surface area contributed by atoms with E-state index in [9.17, 15) is 9.59 Å². The number of fused-ring (bicyclic) bond motifs is 1. The minimum atomic E-state index is -0.307. The van der Waals surface area contributed by atoms with E-state index >= 15 is 0 Å². The summed E-state index contributed by atoms with van der Waals surface area (Å²) >= 11 is 0. The number of aryl methyl sites for hydroxylation is 1. The average molecular weight is 248 g/mol. The Morgan fingerprint density at radius 3 is 2.44 bits per heavy atom. The highest BCUT2D eigenvalue weighted by atomic mass is 16.2. The molecule has 18 heavy (non-hydrogen) atoms. The van der Waals surface area contributed by atoms with Crippen LogP contribution in [0.25, 0.3) is 11.0 Å². The maximum Gasteiger partial charge on any atom is 0.332 e. The molecule has 6 nitrogen and oxygen atoms in total. The third-order valence-electron chi connectivity index (χ3n) is 3.01. The molecule has 1 N–H and O–H groups in total. The van der Waals surface area contributed by atoms with Gasteiger partial charge in [0.25, 0.3) is 5.56 Å². The SMILES string of the molecule is CCn1c(=O)c2c(NC)ccnc2n(CC)c1=O. The van der Waals surface area contributed by atoms with E-state index in [0.29, 0.717) is 29.8 Å². The number of rotatable bonds is 3. The van der Waals surface area contributed by atoms with E-state index in [1.54, 1.807) is 26.2 Å². The molecule has 0 amide bonds. The molecule has 6 heteroatoms. The van der Waals surface area contributed by atoms with Crippen LogP contribution in [0.5, 0.6) is 0 Å². The van der Waals surface area contributed by atoms with Gasteiger partial charge >= 0.3 is 5.69 Å². The number of nitrogens with zero attached hydrogens (tertiary/aromatic N) is 3. The summed E-state index contributed by atoms with van der Waals surface area (Å²) in [6, 6.07) is 1.73. The third kappa shape index (κ3) is 1.61. The van der Waals surface area contributed by atoms with Gasteiger partial charge in [0.15, 0.2) is 5.65 Å². The molecule has 0 saturated carbocycles. The van der Waals surface area contributed by atoms with E-state index in [1.807, 2.05) is 6.92 Å². The highest BCUT2D eigenvalue weighted by molar-refractivity contribution is 5.87. The van der Waals surface area contributed by atoms with Crippen LogP contribution in [0.15, 0.2) is 21.9 Å². The number of hydrogen-bond donors (Lipinski definition) is 1. The van der Waals surface area contributed by atoms with Crippen LogP contribution in [0, 0.1) is 0 Å². The number of nitrogens with one attached hydrogen (secondary N) is 1. The van der Waals surface area contributed by atoms with Crippen LogP contribution in [0.4, 0.5) is 5.69 Å². The van der Waals surface area contributed by atoms with Crippen LogP contribution in [0.3, 0.4) is 0 Å². The van der Waals surface area contributed by atoms with E-state index in [1.165, 1.54) is 9.13 Å². The van der Waals surface area contributed by atoms with E-state index in [2.05, 4.69) is 10.3 Å². The maximum atomic E-state index is 12.3. The molecule has 2 aromatic heterocycles. The fourth-order valence-electron chi connectivity index (χ4n) is 2.10. The van der Waals surface area contributed by atoms with Crippen LogP contribution in [0.1, 0.15) is 13.8 Å². The monoisotopic (exact) mass is 248 g/mol. The molecule has 0 aliphatic carbocycles. The normalized spacial score (nSPS) is 10.8. The summed E-state index contributed by atoms with van der Waals surface area (Å²) in [5.74, 6) is 0. The molecule has 0 unspecified atom stereocenters. The van der Waals surface area contributed by atoms with Crippen LogP contribution < -0.4 is 16.6 Å². The highest BCUT2D eigenvalue weighted by Gasteiger charge is 2.14. The van der Waals surface area contributed by atoms with E-state index < -0.39 is 0 Å². The summed E-state index contributed by atoms with van der Waals surface area (Å²) in [4.78, 5) is 28.6. The molecule has 0 bridgehead atoms. The minimum Gasteiger partial charge on any atom is -0.387 e. The summed E-state index contributed by atoms with van der Waals surface area (Å²) in [7, 11) is 1.74. The van der Waals surface area contributed by atoms with Crippen molar-refractivity contribution in [1.29, 1.82) is 0 Å². The zero-order valence-corrected chi connectivity index (χ0v) is 10.7. The quantitative estimate of drug-likeness (QED) is 0.865. The molecule has 0 fully saturated rings. The number of pyridine rings is 1. The van der Waals surface area contributed by atoms with Gasteiger partial charge in [-0.15, -0.1) is 0 Å². The van der Waals surface area contributed by atoms with Gasteiger partial charge in [-0.3, -0.25) is 13.9 Å². The molecule has 0 atom stereocenters. The molecule has 0 aromatic carbocycles. The maximum absolute atomic E-state index is 12.3.